The molecule has 0 aliphatic heterocycles. The van der Waals surface area contributed by atoms with E-state index < -0.39 is 0 Å². The van der Waals surface area contributed by atoms with E-state index >= 15 is 0 Å². The zero-order valence-corrected chi connectivity index (χ0v) is 11.0. The van der Waals surface area contributed by atoms with Crippen molar-refractivity contribution in [3.63, 3.8) is 0 Å². The van der Waals surface area contributed by atoms with Crippen LogP contribution in [0.1, 0.15) is 32.0 Å². The molecule has 1 aromatic heterocycles. The van der Waals surface area contributed by atoms with Gasteiger partial charge in [0, 0.05) is 31.4 Å². The van der Waals surface area contributed by atoms with Gasteiger partial charge in [-0.2, -0.15) is 0 Å². The number of hydrogen-bond acceptors (Lipinski definition) is 3. The third kappa shape index (κ3) is 3.49. The molecule has 1 heterocycles. The molecule has 90 valence electrons. The lowest BCUT2D eigenvalue weighted by molar-refractivity contribution is 0.417. The highest BCUT2D eigenvalue weighted by Gasteiger charge is 2.16. The second-order valence-electron chi connectivity index (χ2n) is 5.56. The molecule has 0 aliphatic carbocycles. The number of nitrogens with two attached hydrogens (primary N) is 1. The van der Waals surface area contributed by atoms with E-state index in [0.717, 1.165) is 23.6 Å². The molecule has 0 unspecified atom stereocenters. The number of hydrogen-bond donors (Lipinski definition) is 1. The molecule has 0 amide bonds. The van der Waals surface area contributed by atoms with Crippen LogP contribution < -0.4 is 10.6 Å². The number of aryl methyl sites for hydroxylation is 1. The zero-order valence-electron chi connectivity index (χ0n) is 11.0. The van der Waals surface area contributed by atoms with Crippen LogP contribution in [0.4, 0.5) is 5.82 Å². The van der Waals surface area contributed by atoms with Crippen molar-refractivity contribution < 1.29 is 0 Å². The monoisotopic (exact) mass is 221 g/mol. The maximum Gasteiger partial charge on any atom is 0.133 e. The van der Waals surface area contributed by atoms with E-state index in [1.165, 1.54) is 0 Å². The molecule has 3 nitrogen and oxygen atoms in total. The van der Waals surface area contributed by atoms with Crippen LogP contribution in [0, 0.1) is 12.3 Å². The van der Waals surface area contributed by atoms with E-state index in [-0.39, 0.29) is 5.41 Å². The number of nitrogens with zero attached hydrogens (tertiary/aromatic N) is 2. The van der Waals surface area contributed by atoms with E-state index in [1.54, 1.807) is 0 Å². The van der Waals surface area contributed by atoms with Crippen molar-refractivity contribution in [3.05, 3.63) is 23.4 Å². The van der Waals surface area contributed by atoms with Crippen LogP contribution >= 0.6 is 0 Å². The normalized spacial score (nSPS) is 11.6. The van der Waals surface area contributed by atoms with Crippen LogP contribution in [-0.4, -0.2) is 18.6 Å². The van der Waals surface area contributed by atoms with Gasteiger partial charge in [0.15, 0.2) is 0 Å². The molecule has 3 heteroatoms. The average molecular weight is 221 g/mol. The maximum atomic E-state index is 5.74. The minimum atomic E-state index is 0.256. The zero-order chi connectivity index (χ0) is 12.3. The van der Waals surface area contributed by atoms with Gasteiger partial charge in [-0.25, -0.2) is 4.98 Å². The summed E-state index contributed by atoms with van der Waals surface area (Å²) < 4.78 is 0. The van der Waals surface area contributed by atoms with Gasteiger partial charge in [0.25, 0.3) is 0 Å². The van der Waals surface area contributed by atoms with Gasteiger partial charge in [0.05, 0.1) is 0 Å². The number of pyridine rings is 1. The molecule has 2 N–H and O–H groups in total. The van der Waals surface area contributed by atoms with Gasteiger partial charge in [-0.3, -0.25) is 0 Å². The summed E-state index contributed by atoms with van der Waals surface area (Å²) in [6, 6.07) is 4.08. The Hall–Kier alpha value is -1.09. The smallest absolute Gasteiger partial charge is 0.133 e. The lowest BCUT2D eigenvalue weighted by Crippen LogP contribution is -2.30. The van der Waals surface area contributed by atoms with Crippen molar-refractivity contribution in [1.82, 2.24) is 4.98 Å². The molecule has 16 heavy (non-hydrogen) atoms. The minimum absolute atomic E-state index is 0.256. The first-order chi connectivity index (χ1) is 7.33. The van der Waals surface area contributed by atoms with Crippen molar-refractivity contribution in [1.29, 1.82) is 0 Å². The van der Waals surface area contributed by atoms with Gasteiger partial charge in [-0.05, 0) is 18.4 Å². The summed E-state index contributed by atoms with van der Waals surface area (Å²) >= 11 is 0. The summed E-state index contributed by atoms with van der Waals surface area (Å²) in [7, 11) is 2.08. The standard InChI is InChI=1S/C13H23N3/c1-10-6-7-11(8-14)12(15-10)16(5)9-13(2,3)4/h6-7H,8-9,14H2,1-5H3. The van der Waals surface area contributed by atoms with Gasteiger partial charge in [0.1, 0.15) is 5.82 Å². The fourth-order valence-electron chi connectivity index (χ4n) is 1.85. The van der Waals surface area contributed by atoms with Gasteiger partial charge in [-0.15, -0.1) is 0 Å². The molecule has 0 fully saturated rings. The van der Waals surface area contributed by atoms with Crippen molar-refractivity contribution in [2.75, 3.05) is 18.5 Å². The molecule has 0 aromatic carbocycles. The highest BCUT2D eigenvalue weighted by atomic mass is 15.2. The first-order valence-electron chi connectivity index (χ1n) is 5.71. The van der Waals surface area contributed by atoms with E-state index in [9.17, 15) is 0 Å². The maximum absolute atomic E-state index is 5.74. The van der Waals surface area contributed by atoms with Gasteiger partial charge >= 0.3 is 0 Å². The summed E-state index contributed by atoms with van der Waals surface area (Å²) in [5, 5.41) is 0. The van der Waals surface area contributed by atoms with Crippen LogP contribution in [0.3, 0.4) is 0 Å². The predicted molar refractivity (Wildman–Crippen MR) is 69.6 cm³/mol. The lowest BCUT2D eigenvalue weighted by atomic mass is 9.96. The Morgan fingerprint density at radius 1 is 1.31 bits per heavy atom. The minimum Gasteiger partial charge on any atom is -0.359 e. The second-order valence-corrected chi connectivity index (χ2v) is 5.56. The molecule has 1 aromatic rings. The fourth-order valence-corrected chi connectivity index (χ4v) is 1.85. The number of rotatable bonds is 3. The number of anilines is 1. The Balaban J connectivity index is 2.97. The van der Waals surface area contributed by atoms with Crippen molar-refractivity contribution in [2.45, 2.75) is 34.2 Å². The fraction of sp³-hybridized carbons (Fsp3) is 0.615. The van der Waals surface area contributed by atoms with E-state index in [0.29, 0.717) is 6.54 Å². The van der Waals surface area contributed by atoms with E-state index in [1.807, 2.05) is 13.0 Å². The molecular formula is C13H23N3. The van der Waals surface area contributed by atoms with Crippen LogP contribution in [0.5, 0.6) is 0 Å². The van der Waals surface area contributed by atoms with Crippen LogP contribution in [0.15, 0.2) is 12.1 Å². The average Bonchev–Trinajstić information content (AvgIpc) is 2.15. The lowest BCUT2D eigenvalue weighted by Gasteiger charge is -2.29. The van der Waals surface area contributed by atoms with Gasteiger partial charge < -0.3 is 10.6 Å². The Morgan fingerprint density at radius 2 is 1.94 bits per heavy atom. The molecule has 0 radical (unpaired) electrons. The summed E-state index contributed by atoms with van der Waals surface area (Å²) in [5.74, 6) is 1.01. The van der Waals surface area contributed by atoms with Crippen molar-refractivity contribution in [3.8, 4) is 0 Å². The summed E-state index contributed by atoms with van der Waals surface area (Å²) in [6.45, 7) is 10.2. The summed E-state index contributed by atoms with van der Waals surface area (Å²) in [6.07, 6.45) is 0. The second kappa shape index (κ2) is 4.83. The molecule has 0 saturated heterocycles. The third-order valence-electron chi connectivity index (χ3n) is 2.39. The summed E-state index contributed by atoms with van der Waals surface area (Å²) in [5.41, 5.74) is 8.14. The molecule has 0 saturated carbocycles. The largest absolute Gasteiger partial charge is 0.359 e. The Morgan fingerprint density at radius 3 is 2.44 bits per heavy atom. The van der Waals surface area contributed by atoms with Crippen molar-refractivity contribution >= 4 is 5.82 Å². The molecule has 0 bridgehead atoms. The molecule has 0 atom stereocenters. The quantitative estimate of drug-likeness (QED) is 0.851. The SMILES string of the molecule is Cc1ccc(CN)c(N(C)CC(C)(C)C)n1. The third-order valence-corrected chi connectivity index (χ3v) is 2.39. The van der Waals surface area contributed by atoms with Crippen molar-refractivity contribution in [2.24, 2.45) is 11.1 Å². The molecule has 0 spiro atoms. The van der Waals surface area contributed by atoms with E-state index in [4.69, 9.17) is 5.73 Å². The highest BCUT2D eigenvalue weighted by Crippen LogP contribution is 2.22. The molecular weight excluding hydrogens is 198 g/mol. The number of aromatic nitrogens is 1. The first kappa shape index (κ1) is 13.0. The van der Waals surface area contributed by atoms with Gasteiger partial charge in [0.2, 0.25) is 0 Å². The topological polar surface area (TPSA) is 42.1 Å². The highest BCUT2D eigenvalue weighted by molar-refractivity contribution is 5.47. The van der Waals surface area contributed by atoms with Crippen LogP contribution in [-0.2, 0) is 6.54 Å². The van der Waals surface area contributed by atoms with E-state index in [2.05, 4.69) is 43.8 Å². The Kier molecular flexibility index (Phi) is 3.92. The van der Waals surface area contributed by atoms with Gasteiger partial charge in [-0.1, -0.05) is 26.8 Å². The predicted octanol–water partition coefficient (Wildman–Crippen LogP) is 2.33. The van der Waals surface area contributed by atoms with Crippen LogP contribution in [0.2, 0.25) is 0 Å². The summed E-state index contributed by atoms with van der Waals surface area (Å²) in [4.78, 5) is 6.76. The Labute approximate surface area is 98.7 Å². The molecule has 0 aliphatic rings. The Bertz CT molecular complexity index is 353. The van der Waals surface area contributed by atoms with Crippen LogP contribution in [0.25, 0.3) is 0 Å². The molecule has 1 rings (SSSR count). The first-order valence-corrected chi connectivity index (χ1v) is 5.71.